The van der Waals surface area contributed by atoms with Crippen molar-refractivity contribution < 1.29 is 22.1 Å². The molecule has 0 heterocycles. The lowest BCUT2D eigenvalue weighted by Crippen LogP contribution is -2.40. The Bertz CT molecular complexity index is 618. The van der Waals surface area contributed by atoms with E-state index in [2.05, 4.69) is 8.91 Å². The van der Waals surface area contributed by atoms with Gasteiger partial charge in [0.2, 0.25) is 3.79 Å². The summed E-state index contributed by atoms with van der Waals surface area (Å²) in [4.78, 5) is 11.3. The molecule has 130 valence electrons. The third kappa shape index (κ3) is 8.19. The van der Waals surface area contributed by atoms with Crippen LogP contribution in [0.3, 0.4) is 0 Å². The predicted molar refractivity (Wildman–Crippen MR) is 88.7 cm³/mol. The van der Waals surface area contributed by atoms with Crippen molar-refractivity contribution in [1.82, 2.24) is 4.72 Å². The molecule has 2 unspecified atom stereocenters. The van der Waals surface area contributed by atoms with E-state index in [9.17, 15) is 13.2 Å². The van der Waals surface area contributed by atoms with E-state index in [1.165, 1.54) is 13.8 Å². The Morgan fingerprint density at radius 1 is 1.26 bits per heavy atom. The Hall–Kier alpha value is -0.570. The van der Waals surface area contributed by atoms with Crippen molar-refractivity contribution in [2.45, 2.75) is 29.8 Å². The van der Waals surface area contributed by atoms with E-state index in [-0.39, 0.29) is 0 Å². The molecule has 0 aliphatic rings. The molecule has 0 aliphatic carbocycles. The summed E-state index contributed by atoms with van der Waals surface area (Å²) in [5.41, 5.74) is 0.624. The van der Waals surface area contributed by atoms with Crippen LogP contribution in [0.5, 0.6) is 0 Å². The summed E-state index contributed by atoms with van der Waals surface area (Å²) in [7, 11) is -4.20. The monoisotopic (exact) mass is 403 g/mol. The van der Waals surface area contributed by atoms with Crippen LogP contribution in [0.15, 0.2) is 30.3 Å². The van der Waals surface area contributed by atoms with Gasteiger partial charge in [-0.3, -0.25) is 8.98 Å². The zero-order chi connectivity index (χ0) is 17.7. The fourth-order valence-corrected chi connectivity index (χ4v) is 3.08. The highest BCUT2D eigenvalue weighted by Crippen LogP contribution is 2.27. The molecule has 1 aromatic carbocycles. The summed E-state index contributed by atoms with van der Waals surface area (Å²) in [6.07, 6.45) is -0.833. The topological polar surface area (TPSA) is 81.7 Å². The van der Waals surface area contributed by atoms with Crippen molar-refractivity contribution in [1.29, 1.82) is 0 Å². The lowest BCUT2D eigenvalue weighted by Gasteiger charge is -2.25. The van der Waals surface area contributed by atoms with Crippen LogP contribution in [0.1, 0.15) is 25.5 Å². The van der Waals surface area contributed by atoms with Crippen LogP contribution in [0.2, 0.25) is 0 Å². The Labute approximate surface area is 150 Å². The summed E-state index contributed by atoms with van der Waals surface area (Å²) in [5.74, 6) is -0.549. The number of benzene rings is 1. The van der Waals surface area contributed by atoms with Gasteiger partial charge in [-0.15, -0.1) is 0 Å². The largest absolute Gasteiger partial charge is 0.456 e. The fraction of sp³-hybridized carbons (Fsp3) is 0.462. The zero-order valence-electron chi connectivity index (χ0n) is 12.3. The minimum Gasteiger partial charge on any atom is -0.456 e. The summed E-state index contributed by atoms with van der Waals surface area (Å²) in [6.45, 7) is 2.11. The maximum Gasteiger partial charge on any atom is 0.336 e. The number of carbonyl (C=O) groups is 1. The van der Waals surface area contributed by atoms with Gasteiger partial charge in [0.15, 0.2) is 0 Å². The van der Waals surface area contributed by atoms with Gasteiger partial charge in [0.1, 0.15) is 12.7 Å². The van der Waals surface area contributed by atoms with Crippen molar-refractivity contribution in [3.63, 3.8) is 0 Å². The number of ether oxygens (including phenoxy) is 1. The maximum absolute atomic E-state index is 11.9. The number of rotatable bonds is 7. The molecule has 0 spiro atoms. The summed E-state index contributed by atoms with van der Waals surface area (Å²) in [6, 6.07) is 7.88. The average molecular weight is 405 g/mol. The van der Waals surface area contributed by atoms with E-state index in [1.54, 1.807) is 30.3 Å². The van der Waals surface area contributed by atoms with Crippen LogP contribution in [0, 0.1) is 0 Å². The van der Waals surface area contributed by atoms with Gasteiger partial charge in [-0.1, -0.05) is 65.1 Å². The van der Waals surface area contributed by atoms with Crippen LogP contribution in [-0.2, 0) is 24.0 Å². The third-order valence-electron chi connectivity index (χ3n) is 2.58. The van der Waals surface area contributed by atoms with Crippen LogP contribution in [0.25, 0.3) is 0 Å². The minimum atomic E-state index is -4.20. The molecule has 23 heavy (non-hydrogen) atoms. The van der Waals surface area contributed by atoms with Gasteiger partial charge < -0.3 is 4.74 Å². The molecule has 0 saturated heterocycles. The normalized spacial score (nSPS) is 15.0. The van der Waals surface area contributed by atoms with E-state index in [0.717, 1.165) is 0 Å². The summed E-state index contributed by atoms with van der Waals surface area (Å²) >= 11 is 16.3. The quantitative estimate of drug-likeness (QED) is 0.558. The fourth-order valence-electron chi connectivity index (χ4n) is 1.75. The molecular weight excluding hydrogens is 389 g/mol. The first kappa shape index (κ1) is 20.5. The molecule has 0 amide bonds. The molecule has 0 bridgehead atoms. The lowest BCUT2D eigenvalue weighted by atomic mass is 10.0. The van der Waals surface area contributed by atoms with Crippen molar-refractivity contribution in [2.75, 3.05) is 6.61 Å². The highest BCUT2D eigenvalue weighted by molar-refractivity contribution is 7.84. The minimum absolute atomic E-state index is 0.549. The molecular formula is C13H16Cl3NO5S. The number of carbonyl (C=O) groups excluding carboxylic acids is 1. The molecule has 0 radical (unpaired) electrons. The van der Waals surface area contributed by atoms with Gasteiger partial charge in [-0.05, 0) is 12.5 Å². The van der Waals surface area contributed by atoms with Gasteiger partial charge in [0, 0.05) is 6.92 Å². The molecule has 0 aliphatic heterocycles. The molecule has 2 atom stereocenters. The number of hydrogen-bond acceptors (Lipinski definition) is 5. The van der Waals surface area contributed by atoms with Crippen molar-refractivity contribution in [3.8, 4) is 0 Å². The standard InChI is InChI=1S/C13H16Cl3NO5S/c1-9(17-23(19,20)21-8-13(14,15)16)12(22-10(2)18)11-6-4-3-5-7-11/h3-7,9,12,17H,8H2,1-2H3. The van der Waals surface area contributed by atoms with E-state index in [4.69, 9.17) is 39.5 Å². The van der Waals surface area contributed by atoms with Crippen LogP contribution >= 0.6 is 34.8 Å². The highest BCUT2D eigenvalue weighted by Gasteiger charge is 2.29. The Balaban J connectivity index is 2.85. The second kappa shape index (κ2) is 8.50. The molecule has 1 N–H and O–H groups in total. The molecule has 0 saturated carbocycles. The smallest absolute Gasteiger partial charge is 0.336 e. The van der Waals surface area contributed by atoms with Crippen molar-refractivity contribution in [3.05, 3.63) is 35.9 Å². The van der Waals surface area contributed by atoms with Gasteiger partial charge in [0.05, 0.1) is 6.04 Å². The molecule has 1 aromatic rings. The Morgan fingerprint density at radius 3 is 2.30 bits per heavy atom. The number of hydrogen-bond donors (Lipinski definition) is 1. The maximum atomic E-state index is 11.9. The summed E-state index contributed by atoms with van der Waals surface area (Å²) < 4.78 is 33.9. The van der Waals surface area contributed by atoms with Gasteiger partial charge in [0.25, 0.3) is 0 Å². The van der Waals surface area contributed by atoms with Gasteiger partial charge in [-0.2, -0.15) is 13.1 Å². The van der Waals surface area contributed by atoms with E-state index in [0.29, 0.717) is 5.56 Å². The Morgan fingerprint density at radius 2 is 1.83 bits per heavy atom. The number of halogens is 3. The van der Waals surface area contributed by atoms with Crippen molar-refractivity contribution >= 4 is 51.1 Å². The van der Waals surface area contributed by atoms with Gasteiger partial charge in [-0.25, -0.2) is 0 Å². The molecule has 0 aromatic heterocycles. The molecule has 0 fully saturated rings. The zero-order valence-corrected chi connectivity index (χ0v) is 15.4. The Kier molecular flexibility index (Phi) is 7.57. The highest BCUT2D eigenvalue weighted by atomic mass is 35.6. The molecule has 10 heteroatoms. The number of esters is 1. The van der Waals surface area contributed by atoms with Crippen LogP contribution in [0.4, 0.5) is 0 Å². The SMILES string of the molecule is CC(=O)OC(c1ccccc1)C(C)NS(=O)(=O)OCC(Cl)(Cl)Cl. The van der Waals surface area contributed by atoms with Crippen LogP contribution in [-0.4, -0.2) is 30.8 Å². The number of nitrogens with one attached hydrogen (secondary N) is 1. The lowest BCUT2D eigenvalue weighted by molar-refractivity contribution is -0.147. The third-order valence-corrected chi connectivity index (χ3v) is 4.00. The first-order valence-electron chi connectivity index (χ1n) is 6.46. The first-order valence-corrected chi connectivity index (χ1v) is 9.00. The first-order chi connectivity index (χ1) is 10.5. The predicted octanol–water partition coefficient (Wildman–Crippen LogP) is 2.90. The second-order valence-electron chi connectivity index (χ2n) is 4.68. The molecule has 6 nitrogen and oxygen atoms in total. The van der Waals surface area contributed by atoms with E-state index < -0.39 is 38.8 Å². The van der Waals surface area contributed by atoms with E-state index >= 15 is 0 Å². The van der Waals surface area contributed by atoms with Gasteiger partial charge >= 0.3 is 16.3 Å². The molecule has 1 rings (SSSR count). The van der Waals surface area contributed by atoms with E-state index in [1.807, 2.05) is 0 Å². The number of alkyl halides is 3. The average Bonchev–Trinajstić information content (AvgIpc) is 2.42. The summed E-state index contributed by atoms with van der Waals surface area (Å²) in [5, 5.41) is 0. The second-order valence-corrected chi connectivity index (χ2v) is 8.57. The van der Waals surface area contributed by atoms with Crippen LogP contribution < -0.4 is 4.72 Å². The van der Waals surface area contributed by atoms with Crippen molar-refractivity contribution in [2.24, 2.45) is 0 Å².